The van der Waals surface area contributed by atoms with E-state index in [2.05, 4.69) is 23.8 Å². The number of benzene rings is 2. The van der Waals surface area contributed by atoms with Gasteiger partial charge >= 0.3 is 0 Å². The van der Waals surface area contributed by atoms with Crippen LogP contribution in [0.15, 0.2) is 47.6 Å². The predicted molar refractivity (Wildman–Crippen MR) is 118 cm³/mol. The Kier molecular flexibility index (Phi) is 4.77. The highest BCUT2D eigenvalue weighted by Crippen LogP contribution is 2.50. The van der Waals surface area contributed by atoms with Crippen LogP contribution in [0.1, 0.15) is 50.3 Å². The molecule has 0 aromatic heterocycles. The van der Waals surface area contributed by atoms with Crippen LogP contribution in [0.4, 0.5) is 0 Å². The van der Waals surface area contributed by atoms with E-state index in [1.54, 1.807) is 0 Å². The van der Waals surface area contributed by atoms with E-state index in [0.29, 0.717) is 6.04 Å². The lowest BCUT2D eigenvalue weighted by Gasteiger charge is -2.51. The maximum Gasteiger partial charge on any atom is 0.200 e. The number of ether oxygens (including phenoxy) is 1. The van der Waals surface area contributed by atoms with Crippen molar-refractivity contribution in [2.24, 2.45) is 5.10 Å². The molecule has 4 nitrogen and oxygen atoms in total. The lowest BCUT2D eigenvalue weighted by atomic mass is 9.90. The maximum absolute atomic E-state index is 6.67. The van der Waals surface area contributed by atoms with Crippen LogP contribution in [0.3, 0.4) is 0 Å². The quantitative estimate of drug-likeness (QED) is 0.609. The SMILES string of the molecule is CC(C)N1CCC2(CC1)Oc1ccc(Cl)cc1[C@H]1CC(c3ccc(Cl)cc3)=NN12. The number of nitrogens with zero attached hydrogens (tertiary/aromatic N) is 3. The summed E-state index contributed by atoms with van der Waals surface area (Å²) in [5, 5.41) is 8.81. The first kappa shape index (κ1) is 19.2. The molecule has 1 fully saturated rings. The zero-order chi connectivity index (χ0) is 20.2. The molecule has 1 spiro atoms. The molecule has 3 aliphatic heterocycles. The summed E-state index contributed by atoms with van der Waals surface area (Å²) in [5.74, 6) is 0.946. The fraction of sp³-hybridized carbons (Fsp3) is 0.435. The number of halogens is 2. The van der Waals surface area contributed by atoms with Crippen LogP contribution in [0.25, 0.3) is 0 Å². The molecule has 0 N–H and O–H groups in total. The number of piperidine rings is 1. The largest absolute Gasteiger partial charge is 0.466 e. The molecule has 0 aliphatic carbocycles. The Bertz CT molecular complexity index is 949. The van der Waals surface area contributed by atoms with Crippen molar-refractivity contribution >= 4 is 28.9 Å². The van der Waals surface area contributed by atoms with Gasteiger partial charge in [0, 0.05) is 54.0 Å². The summed E-state index contributed by atoms with van der Waals surface area (Å²) in [5.41, 5.74) is 2.92. The molecule has 1 atom stereocenters. The minimum atomic E-state index is -0.398. The zero-order valence-corrected chi connectivity index (χ0v) is 18.2. The van der Waals surface area contributed by atoms with Gasteiger partial charge in [-0.05, 0) is 49.7 Å². The molecule has 5 rings (SSSR count). The molecule has 0 bridgehead atoms. The molecule has 0 saturated carbocycles. The minimum Gasteiger partial charge on any atom is -0.466 e. The Morgan fingerprint density at radius 2 is 1.72 bits per heavy atom. The van der Waals surface area contributed by atoms with E-state index in [0.717, 1.165) is 65.0 Å². The summed E-state index contributed by atoms with van der Waals surface area (Å²) >= 11 is 12.4. The van der Waals surface area contributed by atoms with Crippen molar-refractivity contribution in [3.8, 4) is 5.75 Å². The molecular weight excluding hydrogens is 405 g/mol. The molecule has 152 valence electrons. The van der Waals surface area contributed by atoms with E-state index >= 15 is 0 Å². The first-order valence-corrected chi connectivity index (χ1v) is 11.1. The highest BCUT2D eigenvalue weighted by molar-refractivity contribution is 6.31. The average Bonchev–Trinajstić information content (AvgIpc) is 3.16. The van der Waals surface area contributed by atoms with Gasteiger partial charge in [-0.2, -0.15) is 5.10 Å². The molecular formula is C23H25Cl2N3O. The summed E-state index contributed by atoms with van der Waals surface area (Å²) in [6.45, 7) is 6.53. The Morgan fingerprint density at radius 3 is 2.41 bits per heavy atom. The Hall–Kier alpha value is -1.75. The molecule has 2 aromatic carbocycles. The lowest BCUT2D eigenvalue weighted by molar-refractivity contribution is -0.152. The molecule has 3 aliphatic rings. The summed E-state index contributed by atoms with van der Waals surface area (Å²) in [7, 11) is 0. The summed E-state index contributed by atoms with van der Waals surface area (Å²) < 4.78 is 6.67. The Labute approximate surface area is 182 Å². The summed E-state index contributed by atoms with van der Waals surface area (Å²) in [6, 6.07) is 14.6. The van der Waals surface area contributed by atoms with Gasteiger partial charge in [-0.25, -0.2) is 5.01 Å². The summed E-state index contributed by atoms with van der Waals surface area (Å²) in [6.07, 6.45) is 2.70. The van der Waals surface area contributed by atoms with Crippen LogP contribution >= 0.6 is 23.2 Å². The van der Waals surface area contributed by atoms with Crippen molar-refractivity contribution in [2.75, 3.05) is 13.1 Å². The van der Waals surface area contributed by atoms with E-state index in [1.807, 2.05) is 42.5 Å². The van der Waals surface area contributed by atoms with E-state index in [1.165, 1.54) is 0 Å². The number of rotatable bonds is 2. The molecule has 29 heavy (non-hydrogen) atoms. The van der Waals surface area contributed by atoms with Crippen molar-refractivity contribution in [3.05, 3.63) is 63.6 Å². The smallest absolute Gasteiger partial charge is 0.200 e. The van der Waals surface area contributed by atoms with Gasteiger partial charge in [0.05, 0.1) is 11.8 Å². The van der Waals surface area contributed by atoms with Crippen molar-refractivity contribution in [3.63, 3.8) is 0 Å². The van der Waals surface area contributed by atoms with Crippen LogP contribution in [0.5, 0.6) is 5.75 Å². The van der Waals surface area contributed by atoms with Gasteiger partial charge in [-0.15, -0.1) is 0 Å². The topological polar surface area (TPSA) is 28.1 Å². The van der Waals surface area contributed by atoms with Gasteiger partial charge < -0.3 is 9.64 Å². The first-order valence-electron chi connectivity index (χ1n) is 10.3. The molecule has 3 heterocycles. The second-order valence-corrected chi connectivity index (χ2v) is 9.35. The molecule has 2 aromatic rings. The molecule has 0 radical (unpaired) electrons. The van der Waals surface area contributed by atoms with E-state index in [-0.39, 0.29) is 6.04 Å². The van der Waals surface area contributed by atoms with Crippen molar-refractivity contribution < 1.29 is 4.74 Å². The molecule has 1 saturated heterocycles. The van der Waals surface area contributed by atoms with Gasteiger partial charge in [0.15, 0.2) is 0 Å². The lowest BCUT2D eigenvalue weighted by Crippen LogP contribution is -2.59. The number of hydrazone groups is 1. The van der Waals surface area contributed by atoms with E-state index in [4.69, 9.17) is 33.0 Å². The first-order chi connectivity index (χ1) is 13.9. The molecule has 0 amide bonds. The van der Waals surface area contributed by atoms with Gasteiger partial charge in [-0.1, -0.05) is 35.3 Å². The third-order valence-corrected chi connectivity index (χ3v) is 6.93. The van der Waals surface area contributed by atoms with Crippen molar-refractivity contribution in [2.45, 2.75) is 50.9 Å². The van der Waals surface area contributed by atoms with E-state index in [9.17, 15) is 0 Å². The fourth-order valence-corrected chi connectivity index (χ4v) is 5.10. The van der Waals surface area contributed by atoms with Crippen molar-refractivity contribution in [1.29, 1.82) is 0 Å². The molecule has 6 heteroatoms. The Morgan fingerprint density at radius 1 is 1.03 bits per heavy atom. The van der Waals surface area contributed by atoms with E-state index < -0.39 is 5.72 Å². The predicted octanol–water partition coefficient (Wildman–Crippen LogP) is 5.74. The second-order valence-electron chi connectivity index (χ2n) is 8.48. The number of hydrogen-bond acceptors (Lipinski definition) is 4. The van der Waals surface area contributed by atoms with Crippen LogP contribution in [-0.2, 0) is 0 Å². The van der Waals surface area contributed by atoms with Crippen LogP contribution in [0.2, 0.25) is 10.0 Å². The minimum absolute atomic E-state index is 0.147. The highest BCUT2D eigenvalue weighted by atomic mass is 35.5. The number of hydrogen-bond donors (Lipinski definition) is 0. The van der Waals surface area contributed by atoms with Gasteiger partial charge in [0.25, 0.3) is 0 Å². The van der Waals surface area contributed by atoms with Crippen LogP contribution < -0.4 is 4.74 Å². The highest BCUT2D eigenvalue weighted by Gasteiger charge is 2.52. The van der Waals surface area contributed by atoms with Crippen LogP contribution in [-0.4, -0.2) is 40.5 Å². The fourth-order valence-electron chi connectivity index (χ4n) is 4.79. The van der Waals surface area contributed by atoms with Crippen LogP contribution in [0, 0.1) is 0 Å². The zero-order valence-electron chi connectivity index (χ0n) is 16.7. The third kappa shape index (κ3) is 3.31. The van der Waals surface area contributed by atoms with Gasteiger partial charge in [0.1, 0.15) is 5.75 Å². The standard InChI is InChI=1S/C23H25Cl2N3O/c1-15(2)27-11-9-23(10-12-27)28-21(19-13-18(25)7-8-22(19)29-23)14-20(26-28)16-3-5-17(24)6-4-16/h3-8,13,15,21H,9-12,14H2,1-2H3/t21-/m1/s1. The monoisotopic (exact) mass is 429 g/mol. The van der Waals surface area contributed by atoms with Gasteiger partial charge in [0.2, 0.25) is 5.72 Å². The number of fused-ring (bicyclic) bond motifs is 4. The normalized spacial score (nSPS) is 23.0. The second kappa shape index (κ2) is 7.19. The summed E-state index contributed by atoms with van der Waals surface area (Å²) in [4.78, 5) is 2.51. The average molecular weight is 430 g/mol. The third-order valence-electron chi connectivity index (χ3n) is 6.45. The van der Waals surface area contributed by atoms with Gasteiger partial charge in [-0.3, -0.25) is 0 Å². The number of likely N-dealkylation sites (tertiary alicyclic amines) is 1. The maximum atomic E-state index is 6.67. The van der Waals surface area contributed by atoms with Crippen molar-refractivity contribution in [1.82, 2.24) is 9.91 Å². The Balaban J connectivity index is 1.54. The molecule has 0 unspecified atom stereocenters.